The molecule has 104 valence electrons. The van der Waals surface area contributed by atoms with E-state index in [-0.39, 0.29) is 31.3 Å². The average Bonchev–Trinajstić information content (AvgIpc) is 2.89. The maximum absolute atomic E-state index is 11.5. The number of carbonyl (C=O) groups is 3. The zero-order chi connectivity index (χ0) is 14.3. The third-order valence-corrected chi connectivity index (χ3v) is 3.28. The lowest BCUT2D eigenvalue weighted by Gasteiger charge is -2.08. The van der Waals surface area contributed by atoms with Crippen LogP contribution in [0.2, 0.25) is 0 Å². The lowest BCUT2D eigenvalue weighted by Crippen LogP contribution is -2.34. The van der Waals surface area contributed by atoms with Gasteiger partial charge in [-0.15, -0.1) is 11.3 Å². The van der Waals surface area contributed by atoms with Crippen LogP contribution in [0.3, 0.4) is 0 Å². The summed E-state index contributed by atoms with van der Waals surface area (Å²) < 4.78 is 0. The number of hydrogen-bond donors (Lipinski definition) is 3. The molecule has 0 fully saturated rings. The number of carboxylic acid groups (broad SMARTS) is 1. The lowest BCUT2D eigenvalue weighted by atomic mass is 10.2. The molecule has 0 aliphatic rings. The number of aliphatic carboxylic acids is 1. The molecular weight excluding hydrogens is 268 g/mol. The molecule has 1 atom stereocenters. The Labute approximate surface area is 114 Å². The van der Waals surface area contributed by atoms with Crippen LogP contribution in [0.5, 0.6) is 0 Å². The van der Waals surface area contributed by atoms with Crippen LogP contribution in [-0.4, -0.2) is 36.0 Å². The number of thiophene rings is 1. The van der Waals surface area contributed by atoms with Crippen molar-refractivity contribution in [2.45, 2.75) is 13.3 Å². The molecule has 1 aromatic heterocycles. The molecule has 1 aromatic rings. The summed E-state index contributed by atoms with van der Waals surface area (Å²) in [6.45, 7) is 1.83. The van der Waals surface area contributed by atoms with Gasteiger partial charge in [-0.3, -0.25) is 14.4 Å². The first-order valence-electron chi connectivity index (χ1n) is 5.82. The molecule has 1 heterocycles. The van der Waals surface area contributed by atoms with Gasteiger partial charge in [-0.05, 0) is 11.4 Å². The smallest absolute Gasteiger partial charge is 0.308 e. The van der Waals surface area contributed by atoms with Crippen LogP contribution in [0.15, 0.2) is 17.5 Å². The standard InChI is InChI=1S/C12H16N2O4S/c1-8(12(17)18)7-14-10(15)4-5-13-11(16)9-3-2-6-19-9/h2-3,6,8H,4-5,7H2,1H3,(H,13,16)(H,14,15)(H,17,18). The van der Waals surface area contributed by atoms with Crippen LogP contribution in [0.25, 0.3) is 0 Å². The van der Waals surface area contributed by atoms with Crippen LogP contribution in [0.4, 0.5) is 0 Å². The Morgan fingerprint density at radius 3 is 2.68 bits per heavy atom. The van der Waals surface area contributed by atoms with Gasteiger partial charge in [0.25, 0.3) is 5.91 Å². The minimum absolute atomic E-state index is 0.0903. The summed E-state index contributed by atoms with van der Waals surface area (Å²) in [4.78, 5) is 34.1. The summed E-state index contributed by atoms with van der Waals surface area (Å²) in [7, 11) is 0. The minimum Gasteiger partial charge on any atom is -0.481 e. The zero-order valence-corrected chi connectivity index (χ0v) is 11.3. The Bertz CT molecular complexity index is 445. The molecule has 1 unspecified atom stereocenters. The molecule has 3 N–H and O–H groups in total. The molecule has 0 radical (unpaired) electrons. The van der Waals surface area contributed by atoms with Gasteiger partial charge in [-0.25, -0.2) is 0 Å². The van der Waals surface area contributed by atoms with Gasteiger partial charge in [-0.2, -0.15) is 0 Å². The fourth-order valence-corrected chi connectivity index (χ4v) is 1.87. The van der Waals surface area contributed by atoms with E-state index in [0.29, 0.717) is 4.88 Å². The van der Waals surface area contributed by atoms with E-state index in [1.165, 1.54) is 18.3 Å². The number of nitrogens with one attached hydrogen (secondary N) is 2. The first-order chi connectivity index (χ1) is 9.00. The number of carbonyl (C=O) groups excluding carboxylic acids is 2. The fraction of sp³-hybridized carbons (Fsp3) is 0.417. The van der Waals surface area contributed by atoms with E-state index >= 15 is 0 Å². The number of amides is 2. The minimum atomic E-state index is -0.953. The average molecular weight is 284 g/mol. The molecule has 7 heteroatoms. The molecule has 0 aromatic carbocycles. The van der Waals surface area contributed by atoms with Crippen molar-refractivity contribution in [3.05, 3.63) is 22.4 Å². The second kappa shape index (κ2) is 7.52. The Morgan fingerprint density at radius 2 is 2.11 bits per heavy atom. The van der Waals surface area contributed by atoms with Crippen LogP contribution < -0.4 is 10.6 Å². The van der Waals surface area contributed by atoms with Crippen LogP contribution in [0, 0.1) is 5.92 Å². The van der Waals surface area contributed by atoms with E-state index in [0.717, 1.165) is 0 Å². The highest BCUT2D eigenvalue weighted by Gasteiger charge is 2.12. The van der Waals surface area contributed by atoms with Gasteiger partial charge in [0.05, 0.1) is 10.8 Å². The van der Waals surface area contributed by atoms with Gasteiger partial charge in [0.1, 0.15) is 0 Å². The van der Waals surface area contributed by atoms with Crippen molar-refractivity contribution >= 4 is 29.1 Å². The van der Waals surface area contributed by atoms with E-state index in [9.17, 15) is 14.4 Å². The number of rotatable bonds is 7. The van der Waals surface area contributed by atoms with Gasteiger partial charge in [0, 0.05) is 19.5 Å². The fourth-order valence-electron chi connectivity index (χ4n) is 1.23. The summed E-state index contributed by atoms with van der Waals surface area (Å²) in [6, 6.07) is 3.48. The van der Waals surface area contributed by atoms with Crippen molar-refractivity contribution in [3.63, 3.8) is 0 Å². The van der Waals surface area contributed by atoms with E-state index in [1.54, 1.807) is 17.5 Å². The largest absolute Gasteiger partial charge is 0.481 e. The number of hydrogen-bond acceptors (Lipinski definition) is 4. The molecule has 6 nitrogen and oxygen atoms in total. The van der Waals surface area contributed by atoms with Crippen molar-refractivity contribution in [1.82, 2.24) is 10.6 Å². The highest BCUT2D eigenvalue weighted by atomic mass is 32.1. The Kier molecular flexibility index (Phi) is 6.01. The van der Waals surface area contributed by atoms with Crippen molar-refractivity contribution in [2.24, 2.45) is 5.92 Å². The van der Waals surface area contributed by atoms with E-state index in [4.69, 9.17) is 5.11 Å². The molecule has 0 spiro atoms. The second-order valence-electron chi connectivity index (χ2n) is 4.03. The maximum atomic E-state index is 11.5. The predicted octanol–water partition coefficient (Wildman–Crippen LogP) is 0.705. The molecule has 0 saturated carbocycles. The summed E-state index contributed by atoms with van der Waals surface area (Å²) in [5, 5.41) is 15.6. The summed E-state index contributed by atoms with van der Waals surface area (Å²) >= 11 is 1.33. The summed E-state index contributed by atoms with van der Waals surface area (Å²) in [5.41, 5.74) is 0. The quantitative estimate of drug-likeness (QED) is 0.687. The third-order valence-electron chi connectivity index (χ3n) is 2.41. The Balaban J connectivity index is 2.17. The predicted molar refractivity (Wildman–Crippen MR) is 71.1 cm³/mol. The maximum Gasteiger partial charge on any atom is 0.308 e. The third kappa shape index (κ3) is 5.52. The van der Waals surface area contributed by atoms with Gasteiger partial charge in [0.2, 0.25) is 5.91 Å². The molecule has 2 amide bonds. The first kappa shape index (κ1) is 15.2. The summed E-state index contributed by atoms with van der Waals surface area (Å²) in [5.74, 6) is -2.06. The van der Waals surface area contributed by atoms with Gasteiger partial charge >= 0.3 is 5.97 Å². The van der Waals surface area contributed by atoms with Crippen molar-refractivity contribution in [2.75, 3.05) is 13.1 Å². The molecular formula is C12H16N2O4S. The van der Waals surface area contributed by atoms with Crippen molar-refractivity contribution in [1.29, 1.82) is 0 Å². The summed E-state index contributed by atoms with van der Waals surface area (Å²) in [6.07, 6.45) is 0.128. The van der Waals surface area contributed by atoms with E-state index in [2.05, 4.69) is 10.6 Å². The van der Waals surface area contributed by atoms with Crippen molar-refractivity contribution < 1.29 is 19.5 Å². The SMILES string of the molecule is CC(CNC(=O)CCNC(=O)c1cccs1)C(=O)O. The Hall–Kier alpha value is -1.89. The monoisotopic (exact) mass is 284 g/mol. The lowest BCUT2D eigenvalue weighted by molar-refractivity contribution is -0.141. The topological polar surface area (TPSA) is 95.5 Å². The first-order valence-corrected chi connectivity index (χ1v) is 6.70. The number of carboxylic acids is 1. The normalized spacial score (nSPS) is 11.6. The van der Waals surface area contributed by atoms with E-state index < -0.39 is 11.9 Å². The zero-order valence-electron chi connectivity index (χ0n) is 10.5. The highest BCUT2D eigenvalue weighted by Crippen LogP contribution is 2.07. The molecule has 0 aliphatic heterocycles. The molecule has 19 heavy (non-hydrogen) atoms. The molecule has 0 aliphatic carbocycles. The highest BCUT2D eigenvalue weighted by molar-refractivity contribution is 7.12. The second-order valence-corrected chi connectivity index (χ2v) is 4.97. The molecule has 0 bridgehead atoms. The molecule has 0 saturated heterocycles. The van der Waals surface area contributed by atoms with Gasteiger partial charge in [-0.1, -0.05) is 13.0 Å². The van der Waals surface area contributed by atoms with E-state index in [1.807, 2.05) is 0 Å². The Morgan fingerprint density at radius 1 is 1.37 bits per heavy atom. The van der Waals surface area contributed by atoms with Crippen molar-refractivity contribution in [3.8, 4) is 0 Å². The van der Waals surface area contributed by atoms with Gasteiger partial charge in [0.15, 0.2) is 0 Å². The van der Waals surface area contributed by atoms with Gasteiger partial charge < -0.3 is 15.7 Å². The van der Waals surface area contributed by atoms with Crippen LogP contribution >= 0.6 is 11.3 Å². The van der Waals surface area contributed by atoms with Crippen LogP contribution in [0.1, 0.15) is 23.0 Å². The molecule has 1 rings (SSSR count). The van der Waals surface area contributed by atoms with Crippen LogP contribution in [-0.2, 0) is 9.59 Å².